The fourth-order valence-electron chi connectivity index (χ4n) is 0.906. The first-order valence-corrected chi connectivity index (χ1v) is 4.20. The Kier molecular flexibility index (Phi) is 3.93. The minimum absolute atomic E-state index is 0.578. The summed E-state index contributed by atoms with van der Waals surface area (Å²) in [6.07, 6.45) is 1.44. The van der Waals surface area contributed by atoms with Crippen molar-refractivity contribution in [3.8, 4) is 6.07 Å². The second kappa shape index (κ2) is 5.27. The second-order valence-electron chi connectivity index (χ2n) is 2.67. The van der Waals surface area contributed by atoms with Gasteiger partial charge in [0.2, 0.25) is 5.89 Å². The highest BCUT2D eigenvalue weighted by Gasteiger charge is 1.99. The lowest BCUT2D eigenvalue weighted by Gasteiger charge is -1.96. The molecular formula is C8H12N4O. The topological polar surface area (TPSA) is 74.7 Å². The van der Waals surface area contributed by atoms with Crippen molar-refractivity contribution in [2.75, 3.05) is 6.54 Å². The number of rotatable bonds is 5. The molecule has 0 fully saturated rings. The lowest BCUT2D eigenvalue weighted by Crippen LogP contribution is -2.15. The van der Waals surface area contributed by atoms with Gasteiger partial charge in [0.25, 0.3) is 0 Å². The largest absolute Gasteiger partial charge is 0.340 e. The molecule has 1 aromatic rings. The third-order valence-electron chi connectivity index (χ3n) is 1.49. The molecule has 70 valence electrons. The first-order valence-electron chi connectivity index (χ1n) is 4.20. The summed E-state index contributed by atoms with van der Waals surface area (Å²) < 4.78 is 4.79. The molecule has 0 radical (unpaired) electrons. The van der Waals surface area contributed by atoms with E-state index in [9.17, 15) is 0 Å². The molecule has 0 saturated carbocycles. The Morgan fingerprint density at radius 3 is 3.08 bits per heavy atom. The maximum absolute atomic E-state index is 8.27. The van der Waals surface area contributed by atoms with Crippen molar-refractivity contribution in [3.05, 3.63) is 11.7 Å². The molecule has 1 N–H and O–H groups in total. The van der Waals surface area contributed by atoms with E-state index in [4.69, 9.17) is 9.78 Å². The molecule has 0 aromatic carbocycles. The SMILES string of the molecule is Cc1nc(CNCCCC#N)no1. The van der Waals surface area contributed by atoms with Crippen molar-refractivity contribution < 1.29 is 4.52 Å². The molecule has 0 aliphatic carbocycles. The Bertz CT molecular complexity index is 289. The van der Waals surface area contributed by atoms with Gasteiger partial charge in [0.1, 0.15) is 0 Å². The number of unbranched alkanes of at least 4 members (excludes halogenated alkanes) is 1. The Labute approximate surface area is 76.7 Å². The van der Waals surface area contributed by atoms with E-state index in [-0.39, 0.29) is 0 Å². The van der Waals surface area contributed by atoms with Crippen molar-refractivity contribution in [1.29, 1.82) is 5.26 Å². The number of nitriles is 1. The van der Waals surface area contributed by atoms with E-state index in [1.165, 1.54) is 0 Å². The molecule has 0 atom stereocenters. The molecule has 13 heavy (non-hydrogen) atoms. The molecule has 0 aliphatic rings. The van der Waals surface area contributed by atoms with Gasteiger partial charge in [-0.15, -0.1) is 0 Å². The number of nitrogens with zero attached hydrogens (tertiary/aromatic N) is 3. The minimum Gasteiger partial charge on any atom is -0.340 e. The molecule has 1 rings (SSSR count). The van der Waals surface area contributed by atoms with Crippen LogP contribution in [0.25, 0.3) is 0 Å². The zero-order chi connectivity index (χ0) is 9.52. The van der Waals surface area contributed by atoms with Gasteiger partial charge in [-0.05, 0) is 13.0 Å². The molecule has 0 unspecified atom stereocenters. The normalized spacial score (nSPS) is 9.85. The molecule has 0 aliphatic heterocycles. The molecular weight excluding hydrogens is 168 g/mol. The molecule has 5 heteroatoms. The first kappa shape index (κ1) is 9.68. The van der Waals surface area contributed by atoms with Crippen LogP contribution in [0.1, 0.15) is 24.6 Å². The Morgan fingerprint density at radius 1 is 1.62 bits per heavy atom. The lowest BCUT2D eigenvalue weighted by atomic mass is 10.3. The molecule has 0 amide bonds. The number of hydrogen-bond acceptors (Lipinski definition) is 5. The first-order chi connectivity index (χ1) is 6.33. The molecule has 0 spiro atoms. The number of hydrogen-bond donors (Lipinski definition) is 1. The van der Waals surface area contributed by atoms with E-state index in [1.807, 2.05) is 0 Å². The van der Waals surface area contributed by atoms with Crippen LogP contribution in [0.2, 0.25) is 0 Å². The van der Waals surface area contributed by atoms with Gasteiger partial charge >= 0.3 is 0 Å². The van der Waals surface area contributed by atoms with Crippen LogP contribution >= 0.6 is 0 Å². The van der Waals surface area contributed by atoms with Gasteiger partial charge in [0.15, 0.2) is 5.82 Å². The second-order valence-corrected chi connectivity index (χ2v) is 2.67. The molecule has 1 heterocycles. The fraction of sp³-hybridized carbons (Fsp3) is 0.625. The van der Waals surface area contributed by atoms with Gasteiger partial charge in [-0.2, -0.15) is 10.2 Å². The Balaban J connectivity index is 2.10. The lowest BCUT2D eigenvalue weighted by molar-refractivity contribution is 0.385. The van der Waals surface area contributed by atoms with Crippen LogP contribution in [0.4, 0.5) is 0 Å². The maximum atomic E-state index is 8.27. The number of aromatic nitrogens is 2. The van der Waals surface area contributed by atoms with E-state index in [2.05, 4.69) is 21.5 Å². The summed E-state index contributed by atoms with van der Waals surface area (Å²) in [4.78, 5) is 4.02. The summed E-state index contributed by atoms with van der Waals surface area (Å²) in [6.45, 7) is 3.16. The van der Waals surface area contributed by atoms with E-state index in [1.54, 1.807) is 6.92 Å². The smallest absolute Gasteiger partial charge is 0.223 e. The van der Waals surface area contributed by atoms with Crippen molar-refractivity contribution in [3.63, 3.8) is 0 Å². The van der Waals surface area contributed by atoms with Crippen LogP contribution in [-0.4, -0.2) is 16.7 Å². The number of aryl methyl sites for hydroxylation is 1. The van der Waals surface area contributed by atoms with Crippen molar-refractivity contribution >= 4 is 0 Å². The standard InChI is InChI=1S/C8H12N4O/c1-7-11-8(12-13-7)6-10-5-3-2-4-9/h10H,2-3,5-6H2,1H3. The van der Waals surface area contributed by atoms with Gasteiger partial charge in [0, 0.05) is 13.3 Å². The van der Waals surface area contributed by atoms with E-state index >= 15 is 0 Å². The van der Waals surface area contributed by atoms with E-state index in [0.717, 1.165) is 13.0 Å². The molecule has 5 nitrogen and oxygen atoms in total. The number of nitrogens with one attached hydrogen (secondary N) is 1. The highest BCUT2D eigenvalue weighted by Crippen LogP contribution is 1.93. The Hall–Kier alpha value is -1.41. The van der Waals surface area contributed by atoms with Gasteiger partial charge < -0.3 is 9.84 Å². The molecule has 0 saturated heterocycles. The van der Waals surface area contributed by atoms with Crippen LogP contribution < -0.4 is 5.32 Å². The Morgan fingerprint density at radius 2 is 2.46 bits per heavy atom. The summed E-state index contributed by atoms with van der Waals surface area (Å²) in [5, 5.41) is 15.1. The van der Waals surface area contributed by atoms with Gasteiger partial charge in [-0.1, -0.05) is 5.16 Å². The van der Waals surface area contributed by atoms with Gasteiger partial charge in [0.05, 0.1) is 12.6 Å². The van der Waals surface area contributed by atoms with E-state index < -0.39 is 0 Å². The zero-order valence-electron chi connectivity index (χ0n) is 7.58. The van der Waals surface area contributed by atoms with Gasteiger partial charge in [-0.3, -0.25) is 0 Å². The molecule has 1 aromatic heterocycles. The van der Waals surface area contributed by atoms with Crippen molar-refractivity contribution in [1.82, 2.24) is 15.5 Å². The maximum Gasteiger partial charge on any atom is 0.223 e. The monoisotopic (exact) mass is 180 g/mol. The minimum atomic E-state index is 0.578. The van der Waals surface area contributed by atoms with Gasteiger partial charge in [-0.25, -0.2) is 0 Å². The third kappa shape index (κ3) is 3.67. The summed E-state index contributed by atoms with van der Waals surface area (Å²) >= 11 is 0. The zero-order valence-corrected chi connectivity index (χ0v) is 7.58. The van der Waals surface area contributed by atoms with Crippen molar-refractivity contribution in [2.24, 2.45) is 0 Å². The predicted molar refractivity (Wildman–Crippen MR) is 45.6 cm³/mol. The molecule has 0 bridgehead atoms. The average Bonchev–Trinajstić information content (AvgIpc) is 2.51. The third-order valence-corrected chi connectivity index (χ3v) is 1.49. The average molecular weight is 180 g/mol. The van der Waals surface area contributed by atoms with Crippen LogP contribution in [-0.2, 0) is 6.54 Å². The van der Waals surface area contributed by atoms with Crippen LogP contribution in [0.15, 0.2) is 4.52 Å². The van der Waals surface area contributed by atoms with Crippen LogP contribution in [0.3, 0.4) is 0 Å². The summed E-state index contributed by atoms with van der Waals surface area (Å²) in [5.74, 6) is 1.24. The quantitative estimate of drug-likeness (QED) is 0.677. The van der Waals surface area contributed by atoms with Crippen LogP contribution in [0.5, 0.6) is 0 Å². The summed E-state index contributed by atoms with van der Waals surface area (Å²) in [6, 6.07) is 2.08. The summed E-state index contributed by atoms with van der Waals surface area (Å²) in [5.41, 5.74) is 0. The highest BCUT2D eigenvalue weighted by molar-refractivity contribution is 4.82. The van der Waals surface area contributed by atoms with Crippen LogP contribution in [0, 0.1) is 18.3 Å². The fourth-order valence-corrected chi connectivity index (χ4v) is 0.906. The van der Waals surface area contributed by atoms with E-state index in [0.29, 0.717) is 24.7 Å². The summed E-state index contributed by atoms with van der Waals surface area (Å²) in [7, 11) is 0. The predicted octanol–water partition coefficient (Wildman–Crippen LogP) is 0.771. The van der Waals surface area contributed by atoms with Crippen molar-refractivity contribution in [2.45, 2.75) is 26.3 Å². The highest BCUT2D eigenvalue weighted by atomic mass is 16.5.